The van der Waals surface area contributed by atoms with Crippen molar-refractivity contribution in [3.63, 3.8) is 0 Å². The molecule has 0 radical (unpaired) electrons. The highest BCUT2D eigenvalue weighted by Gasteiger charge is 2.23. The van der Waals surface area contributed by atoms with Gasteiger partial charge in [0.15, 0.2) is 5.11 Å². The quantitative estimate of drug-likeness (QED) is 0.387. The van der Waals surface area contributed by atoms with Crippen molar-refractivity contribution in [2.24, 2.45) is 0 Å². The average molecular weight is 482 g/mol. The molecule has 6 nitrogen and oxygen atoms in total. The Balaban J connectivity index is 1.44. The molecule has 0 unspecified atom stereocenters. The third-order valence-electron chi connectivity index (χ3n) is 5.51. The van der Waals surface area contributed by atoms with Crippen LogP contribution in [0.2, 0.25) is 0 Å². The third-order valence-corrected chi connectivity index (χ3v) is 6.97. The van der Waals surface area contributed by atoms with Gasteiger partial charge in [-0.25, -0.2) is 4.79 Å². The number of methoxy groups -OCH3 is 1. The fraction of sp³-hybridized carbons (Fsp3) is 0.280. The summed E-state index contributed by atoms with van der Waals surface area (Å²) < 4.78 is 10.5. The summed E-state index contributed by atoms with van der Waals surface area (Å²) in [4.78, 5) is 18.1. The Bertz CT molecular complexity index is 1090. The highest BCUT2D eigenvalue weighted by molar-refractivity contribution is 7.80. The van der Waals surface area contributed by atoms with E-state index in [1.165, 1.54) is 17.0 Å². The number of hydrogen-bond donors (Lipinski definition) is 1. The van der Waals surface area contributed by atoms with Gasteiger partial charge < -0.3 is 24.6 Å². The lowest BCUT2D eigenvalue weighted by molar-refractivity contribution is 0.0528. The second kappa shape index (κ2) is 10.7. The van der Waals surface area contributed by atoms with E-state index in [1.807, 2.05) is 55.5 Å². The summed E-state index contributed by atoms with van der Waals surface area (Å²) in [6.45, 7) is 5.44. The highest BCUT2D eigenvalue weighted by atomic mass is 32.1. The molecule has 4 rings (SSSR count). The number of thiocarbonyl (C=S) groups is 1. The minimum atomic E-state index is -0.342. The summed E-state index contributed by atoms with van der Waals surface area (Å²) in [7, 11) is 1.67. The average Bonchev–Trinajstić information content (AvgIpc) is 3.29. The van der Waals surface area contributed by atoms with Crippen molar-refractivity contribution >= 4 is 45.3 Å². The zero-order valence-electron chi connectivity index (χ0n) is 18.7. The number of piperazine rings is 1. The van der Waals surface area contributed by atoms with Gasteiger partial charge in [-0.3, -0.25) is 0 Å². The summed E-state index contributed by atoms with van der Waals surface area (Å²) in [5, 5.41) is 4.66. The van der Waals surface area contributed by atoms with Gasteiger partial charge in [-0.2, -0.15) is 0 Å². The maximum absolute atomic E-state index is 12.6. The zero-order valence-corrected chi connectivity index (χ0v) is 20.4. The third kappa shape index (κ3) is 5.46. The minimum Gasteiger partial charge on any atom is -0.497 e. The zero-order chi connectivity index (χ0) is 23.2. The van der Waals surface area contributed by atoms with Crippen molar-refractivity contribution in [2.75, 3.05) is 50.1 Å². The molecule has 33 heavy (non-hydrogen) atoms. The van der Waals surface area contributed by atoms with Crippen LogP contribution in [0.5, 0.6) is 5.75 Å². The molecule has 1 saturated heterocycles. The summed E-state index contributed by atoms with van der Waals surface area (Å²) in [6.07, 6.45) is 0. The number of esters is 1. The number of anilines is 2. The summed E-state index contributed by atoms with van der Waals surface area (Å²) in [5.41, 5.74) is 2.74. The van der Waals surface area contributed by atoms with Crippen LogP contribution in [-0.2, 0) is 4.74 Å². The van der Waals surface area contributed by atoms with Gasteiger partial charge in [0.25, 0.3) is 0 Å². The minimum absolute atomic E-state index is 0.326. The molecular weight excluding hydrogens is 454 g/mol. The lowest BCUT2D eigenvalue weighted by atomic mass is 10.1. The molecular formula is C25H27N3O3S2. The standard InChI is InChI=1S/C25H27N3O3S2/c1-3-31-24(29)21-17-22(18-7-5-4-6-8-18)33-23(21)26-25(32)28-15-13-27(14-16-28)19-9-11-20(30-2)12-10-19/h4-12,17H,3,13-16H2,1-2H3,(H,26,32). The second-order valence-electron chi connectivity index (χ2n) is 7.54. The topological polar surface area (TPSA) is 54.0 Å². The Kier molecular flexibility index (Phi) is 7.47. The van der Waals surface area contributed by atoms with Gasteiger partial charge in [0.05, 0.1) is 19.3 Å². The number of carbonyl (C=O) groups is 1. The molecule has 1 aliphatic heterocycles. The number of nitrogens with one attached hydrogen (secondary N) is 1. The fourth-order valence-electron chi connectivity index (χ4n) is 3.73. The number of benzene rings is 2. The molecule has 0 atom stereocenters. The first-order chi connectivity index (χ1) is 16.1. The molecule has 0 aliphatic carbocycles. The van der Waals surface area contributed by atoms with Crippen molar-refractivity contribution in [3.8, 4) is 16.2 Å². The first-order valence-corrected chi connectivity index (χ1v) is 12.1. The van der Waals surface area contributed by atoms with E-state index in [0.29, 0.717) is 17.3 Å². The van der Waals surface area contributed by atoms with Gasteiger partial charge in [-0.05, 0) is 55.0 Å². The van der Waals surface area contributed by atoms with Crippen LogP contribution >= 0.6 is 23.6 Å². The Hall–Kier alpha value is -3.10. The van der Waals surface area contributed by atoms with Crippen LogP contribution in [0.25, 0.3) is 10.4 Å². The van der Waals surface area contributed by atoms with E-state index in [2.05, 4.69) is 27.2 Å². The molecule has 1 N–H and O–H groups in total. The van der Waals surface area contributed by atoms with E-state index in [0.717, 1.165) is 47.4 Å². The maximum atomic E-state index is 12.6. The van der Waals surface area contributed by atoms with Crippen molar-refractivity contribution in [3.05, 3.63) is 66.2 Å². The Morgan fingerprint density at radius 2 is 1.76 bits per heavy atom. The molecule has 1 fully saturated rings. The van der Waals surface area contributed by atoms with Gasteiger partial charge in [0, 0.05) is 36.7 Å². The molecule has 3 aromatic rings. The van der Waals surface area contributed by atoms with Crippen molar-refractivity contribution in [1.82, 2.24) is 4.90 Å². The fourth-order valence-corrected chi connectivity index (χ4v) is 5.13. The molecule has 1 aromatic heterocycles. The van der Waals surface area contributed by atoms with E-state index in [1.54, 1.807) is 7.11 Å². The van der Waals surface area contributed by atoms with E-state index in [-0.39, 0.29) is 5.97 Å². The van der Waals surface area contributed by atoms with Gasteiger partial charge in [0.1, 0.15) is 10.8 Å². The number of carbonyl (C=O) groups excluding carboxylic acids is 1. The monoisotopic (exact) mass is 481 g/mol. The van der Waals surface area contributed by atoms with E-state index in [9.17, 15) is 4.79 Å². The SMILES string of the molecule is CCOC(=O)c1cc(-c2ccccc2)sc1NC(=S)N1CCN(c2ccc(OC)cc2)CC1. The van der Waals surface area contributed by atoms with Crippen LogP contribution in [0.15, 0.2) is 60.7 Å². The van der Waals surface area contributed by atoms with E-state index >= 15 is 0 Å². The lowest BCUT2D eigenvalue weighted by Gasteiger charge is -2.37. The Labute approximate surface area is 203 Å². The number of nitrogens with zero attached hydrogens (tertiary/aromatic N) is 2. The van der Waals surface area contributed by atoms with Crippen molar-refractivity contribution in [1.29, 1.82) is 0 Å². The molecule has 2 aromatic carbocycles. The van der Waals surface area contributed by atoms with Crippen LogP contribution in [0.3, 0.4) is 0 Å². The largest absolute Gasteiger partial charge is 0.497 e. The molecule has 172 valence electrons. The molecule has 0 bridgehead atoms. The predicted molar refractivity (Wildman–Crippen MR) is 139 cm³/mol. The van der Waals surface area contributed by atoms with Crippen LogP contribution in [-0.4, -0.2) is 55.9 Å². The first kappa shape index (κ1) is 23.1. The summed E-state index contributed by atoms with van der Waals surface area (Å²) in [6, 6.07) is 20.0. The lowest BCUT2D eigenvalue weighted by Crippen LogP contribution is -2.50. The van der Waals surface area contributed by atoms with Gasteiger partial charge in [0.2, 0.25) is 0 Å². The van der Waals surface area contributed by atoms with Crippen molar-refractivity contribution < 1.29 is 14.3 Å². The van der Waals surface area contributed by atoms with Crippen molar-refractivity contribution in [2.45, 2.75) is 6.92 Å². The number of hydrogen-bond acceptors (Lipinski definition) is 6. The normalized spacial score (nSPS) is 13.5. The Morgan fingerprint density at radius 3 is 2.39 bits per heavy atom. The van der Waals surface area contributed by atoms with Crippen LogP contribution in [0, 0.1) is 0 Å². The smallest absolute Gasteiger partial charge is 0.341 e. The van der Waals surface area contributed by atoms with E-state index < -0.39 is 0 Å². The second-order valence-corrected chi connectivity index (χ2v) is 8.98. The molecule has 0 amide bonds. The van der Waals surface area contributed by atoms with Gasteiger partial charge in [-0.1, -0.05) is 30.3 Å². The van der Waals surface area contributed by atoms with Crippen LogP contribution < -0.4 is 15.0 Å². The maximum Gasteiger partial charge on any atom is 0.341 e. The molecule has 0 saturated carbocycles. The summed E-state index contributed by atoms with van der Waals surface area (Å²) >= 11 is 7.23. The molecule has 8 heteroatoms. The number of thiophene rings is 1. The predicted octanol–water partition coefficient (Wildman–Crippen LogP) is 5.12. The molecule has 0 spiro atoms. The Morgan fingerprint density at radius 1 is 1.06 bits per heavy atom. The summed E-state index contributed by atoms with van der Waals surface area (Å²) in [5.74, 6) is 0.511. The van der Waals surface area contributed by atoms with Crippen LogP contribution in [0.1, 0.15) is 17.3 Å². The number of rotatable bonds is 6. The first-order valence-electron chi connectivity index (χ1n) is 10.9. The molecule has 1 aliphatic rings. The van der Waals surface area contributed by atoms with Gasteiger partial charge >= 0.3 is 5.97 Å². The van der Waals surface area contributed by atoms with E-state index in [4.69, 9.17) is 21.7 Å². The van der Waals surface area contributed by atoms with Crippen LogP contribution in [0.4, 0.5) is 10.7 Å². The highest BCUT2D eigenvalue weighted by Crippen LogP contribution is 2.36. The number of ether oxygens (including phenoxy) is 2. The molecule has 2 heterocycles. The van der Waals surface area contributed by atoms with Gasteiger partial charge in [-0.15, -0.1) is 11.3 Å².